The van der Waals surface area contributed by atoms with Gasteiger partial charge in [-0.2, -0.15) is 11.8 Å². The van der Waals surface area contributed by atoms with Crippen molar-refractivity contribution in [1.29, 1.82) is 0 Å². The van der Waals surface area contributed by atoms with Crippen LogP contribution in [0, 0.1) is 0 Å². The van der Waals surface area contributed by atoms with Crippen LogP contribution < -0.4 is 0 Å². The van der Waals surface area contributed by atoms with Gasteiger partial charge in [-0.05, 0) is 18.1 Å². The number of hydrogen-bond acceptors (Lipinski definition) is 6. The van der Waals surface area contributed by atoms with E-state index >= 15 is 0 Å². The van der Waals surface area contributed by atoms with E-state index in [0.717, 1.165) is 35.7 Å². The average molecular weight is 467 g/mol. The Hall–Kier alpha value is -2.77. The van der Waals surface area contributed by atoms with Gasteiger partial charge in [0, 0.05) is 31.0 Å². The number of benzene rings is 2. The fourth-order valence-electron chi connectivity index (χ4n) is 4.57. The first-order valence-corrected chi connectivity index (χ1v) is 12.6. The molecular formula is C26H30N2O4S. The Bertz CT molecular complexity index is 990. The molecule has 0 spiro atoms. The number of carbonyl (C=O) groups is 2. The molecule has 2 aliphatic rings. The summed E-state index contributed by atoms with van der Waals surface area (Å²) in [5.74, 6) is 1.36. The molecule has 2 atom stereocenters. The molecule has 0 unspecified atom stereocenters. The van der Waals surface area contributed by atoms with Gasteiger partial charge in [0.15, 0.2) is 0 Å². The highest BCUT2D eigenvalue weighted by Gasteiger charge is 2.44. The Morgan fingerprint density at radius 3 is 2.21 bits per heavy atom. The van der Waals surface area contributed by atoms with Crippen LogP contribution in [0.4, 0.5) is 0 Å². The number of ether oxygens (including phenoxy) is 1. The van der Waals surface area contributed by atoms with Crippen LogP contribution in [-0.2, 0) is 14.3 Å². The normalized spacial score (nSPS) is 21.7. The van der Waals surface area contributed by atoms with Gasteiger partial charge in [-0.1, -0.05) is 60.7 Å². The first kappa shape index (κ1) is 23.4. The number of aliphatic hydroxyl groups excluding tert-OH is 1. The average Bonchev–Trinajstić information content (AvgIpc) is 2.85. The van der Waals surface area contributed by atoms with Crippen LogP contribution in [0.1, 0.15) is 36.6 Å². The van der Waals surface area contributed by atoms with Gasteiger partial charge >= 0.3 is 5.97 Å². The van der Waals surface area contributed by atoms with Crippen molar-refractivity contribution in [2.45, 2.75) is 25.4 Å². The fraction of sp³-hybridized carbons (Fsp3) is 0.385. The maximum Gasteiger partial charge on any atom is 0.339 e. The minimum absolute atomic E-state index is 0.0189. The van der Waals surface area contributed by atoms with Gasteiger partial charge < -0.3 is 14.7 Å². The lowest BCUT2D eigenvalue weighted by atomic mass is 9.85. The van der Waals surface area contributed by atoms with Crippen molar-refractivity contribution < 1.29 is 19.4 Å². The van der Waals surface area contributed by atoms with Crippen molar-refractivity contribution in [1.82, 2.24) is 9.80 Å². The van der Waals surface area contributed by atoms with E-state index < -0.39 is 12.0 Å². The third-order valence-electron chi connectivity index (χ3n) is 6.13. The molecular weight excluding hydrogens is 436 g/mol. The zero-order chi connectivity index (χ0) is 23.2. The first-order chi connectivity index (χ1) is 16.1. The Labute approximate surface area is 199 Å². The summed E-state index contributed by atoms with van der Waals surface area (Å²) in [6.45, 7) is 3.94. The Balaban J connectivity index is 1.81. The Morgan fingerprint density at radius 1 is 1.00 bits per heavy atom. The quantitative estimate of drug-likeness (QED) is 0.646. The SMILES string of the molecule is CCOC(=O)C1=C(O)C[C@H](c2ccccc2)N(C(=O)CN2CCSCC2)[C@@H]1c1ccccc1. The van der Waals surface area contributed by atoms with E-state index in [0.29, 0.717) is 0 Å². The van der Waals surface area contributed by atoms with Crippen LogP contribution in [0.5, 0.6) is 0 Å². The molecule has 2 aromatic rings. The lowest BCUT2D eigenvalue weighted by Gasteiger charge is -2.44. The Morgan fingerprint density at radius 2 is 1.61 bits per heavy atom. The van der Waals surface area contributed by atoms with Gasteiger partial charge in [0.25, 0.3) is 0 Å². The molecule has 0 aliphatic carbocycles. The summed E-state index contributed by atoms with van der Waals surface area (Å²) in [7, 11) is 0. The summed E-state index contributed by atoms with van der Waals surface area (Å²) < 4.78 is 5.31. The molecule has 2 aromatic carbocycles. The second-order valence-corrected chi connectivity index (χ2v) is 9.44. The molecule has 6 nitrogen and oxygen atoms in total. The maximum absolute atomic E-state index is 13.9. The van der Waals surface area contributed by atoms with Crippen molar-refractivity contribution in [2.24, 2.45) is 0 Å². The van der Waals surface area contributed by atoms with Crippen molar-refractivity contribution in [3.8, 4) is 0 Å². The number of aliphatic hydroxyl groups is 1. The molecule has 0 radical (unpaired) electrons. The summed E-state index contributed by atoms with van der Waals surface area (Å²) >= 11 is 1.90. The monoisotopic (exact) mass is 466 g/mol. The zero-order valence-corrected chi connectivity index (χ0v) is 19.7. The van der Waals surface area contributed by atoms with Crippen LogP contribution >= 0.6 is 11.8 Å². The number of nitrogens with zero attached hydrogens (tertiary/aromatic N) is 2. The lowest BCUT2D eigenvalue weighted by molar-refractivity contribution is -0.143. The summed E-state index contributed by atoms with van der Waals surface area (Å²) in [6, 6.07) is 18.0. The van der Waals surface area contributed by atoms with E-state index in [1.54, 1.807) is 11.8 Å². The highest BCUT2D eigenvalue weighted by Crippen LogP contribution is 2.45. The summed E-state index contributed by atoms with van der Waals surface area (Å²) in [6.07, 6.45) is 0.170. The standard InChI is InChI=1S/C26H30N2O4S/c1-2-32-26(31)24-22(29)17-21(19-9-5-3-6-10-19)28(25(24)20-11-7-4-8-12-20)23(30)18-27-13-15-33-16-14-27/h3-12,21,25,29H,2,13-18H2,1H3/t21-,25-/m1/s1. The van der Waals surface area contributed by atoms with Gasteiger partial charge in [0.1, 0.15) is 11.3 Å². The molecule has 174 valence electrons. The van der Waals surface area contributed by atoms with Crippen LogP contribution in [0.3, 0.4) is 0 Å². The van der Waals surface area contributed by atoms with E-state index in [1.165, 1.54) is 0 Å². The molecule has 1 fully saturated rings. The molecule has 0 saturated carbocycles. The number of carbonyl (C=O) groups excluding carboxylic acids is 2. The molecule has 2 aliphatic heterocycles. The van der Waals surface area contributed by atoms with Gasteiger partial charge in [0.2, 0.25) is 5.91 Å². The molecule has 4 rings (SSSR count). The summed E-state index contributed by atoms with van der Waals surface area (Å²) in [5.41, 5.74) is 1.85. The molecule has 1 amide bonds. The van der Waals surface area contributed by atoms with E-state index in [1.807, 2.05) is 72.4 Å². The van der Waals surface area contributed by atoms with Crippen LogP contribution in [0.25, 0.3) is 0 Å². The van der Waals surface area contributed by atoms with Crippen LogP contribution in [-0.4, -0.2) is 64.5 Å². The van der Waals surface area contributed by atoms with Crippen molar-refractivity contribution >= 4 is 23.6 Å². The number of amides is 1. The van der Waals surface area contributed by atoms with Crippen LogP contribution in [0.2, 0.25) is 0 Å². The van der Waals surface area contributed by atoms with Gasteiger partial charge in [0.05, 0.1) is 25.2 Å². The second kappa shape index (κ2) is 10.9. The van der Waals surface area contributed by atoms with Crippen molar-refractivity contribution in [2.75, 3.05) is 37.7 Å². The molecule has 0 bridgehead atoms. The number of rotatable bonds is 6. The number of esters is 1. The largest absolute Gasteiger partial charge is 0.512 e. The molecule has 33 heavy (non-hydrogen) atoms. The predicted molar refractivity (Wildman–Crippen MR) is 130 cm³/mol. The third-order valence-corrected chi connectivity index (χ3v) is 7.07. The van der Waals surface area contributed by atoms with Gasteiger partial charge in [-0.15, -0.1) is 0 Å². The zero-order valence-electron chi connectivity index (χ0n) is 18.9. The van der Waals surface area contributed by atoms with Gasteiger partial charge in [-0.3, -0.25) is 9.69 Å². The van der Waals surface area contributed by atoms with E-state index in [4.69, 9.17) is 4.74 Å². The highest BCUT2D eigenvalue weighted by atomic mass is 32.2. The van der Waals surface area contributed by atoms with Crippen molar-refractivity contribution in [3.63, 3.8) is 0 Å². The smallest absolute Gasteiger partial charge is 0.339 e. The van der Waals surface area contributed by atoms with Crippen LogP contribution in [0.15, 0.2) is 72.0 Å². The second-order valence-electron chi connectivity index (χ2n) is 8.21. The van der Waals surface area contributed by atoms with E-state index in [-0.39, 0.29) is 42.9 Å². The maximum atomic E-state index is 13.9. The number of hydrogen-bond donors (Lipinski definition) is 1. The predicted octanol–water partition coefficient (Wildman–Crippen LogP) is 4.13. The fourth-order valence-corrected chi connectivity index (χ4v) is 5.55. The van der Waals surface area contributed by atoms with E-state index in [9.17, 15) is 14.7 Å². The molecule has 1 N–H and O–H groups in total. The Kier molecular flexibility index (Phi) is 7.73. The topological polar surface area (TPSA) is 70.1 Å². The third kappa shape index (κ3) is 5.25. The lowest BCUT2D eigenvalue weighted by Crippen LogP contribution is -2.49. The highest BCUT2D eigenvalue weighted by molar-refractivity contribution is 7.99. The molecule has 0 aromatic heterocycles. The molecule has 1 saturated heterocycles. The van der Waals surface area contributed by atoms with Gasteiger partial charge in [-0.25, -0.2) is 4.79 Å². The van der Waals surface area contributed by atoms with Crippen molar-refractivity contribution in [3.05, 3.63) is 83.1 Å². The molecule has 7 heteroatoms. The summed E-state index contributed by atoms with van der Waals surface area (Å²) in [5, 5.41) is 11.1. The van der Waals surface area contributed by atoms with E-state index in [2.05, 4.69) is 4.90 Å². The minimum Gasteiger partial charge on any atom is -0.512 e. The first-order valence-electron chi connectivity index (χ1n) is 11.4. The minimum atomic E-state index is -0.726. The number of thioether (sulfide) groups is 1. The summed E-state index contributed by atoms with van der Waals surface area (Å²) in [4.78, 5) is 30.9. The molecule has 2 heterocycles.